The minimum Gasteiger partial charge on any atom is -0.448 e. The number of amides is 1. The van der Waals surface area contributed by atoms with E-state index in [4.69, 9.17) is 5.73 Å². The van der Waals surface area contributed by atoms with Crippen LogP contribution >= 0.6 is 0 Å². The topological polar surface area (TPSA) is 125 Å². The van der Waals surface area contributed by atoms with E-state index in [0.29, 0.717) is 0 Å². The Kier molecular flexibility index (Phi) is 4.62. The largest absolute Gasteiger partial charge is 0.448 e. The summed E-state index contributed by atoms with van der Waals surface area (Å²) in [6, 6.07) is 1.46. The summed E-state index contributed by atoms with van der Waals surface area (Å²) in [4.78, 5) is 9.43. The van der Waals surface area contributed by atoms with E-state index in [0.717, 1.165) is 12.1 Å². The third-order valence-corrected chi connectivity index (χ3v) is 3.50. The number of hydrogen-bond acceptors (Lipinski definition) is 5. The van der Waals surface area contributed by atoms with E-state index in [1.54, 1.807) is 0 Å². The van der Waals surface area contributed by atoms with Gasteiger partial charge in [0.25, 0.3) is 0 Å². The molecule has 0 saturated carbocycles. The molecule has 0 bridgehead atoms. The van der Waals surface area contributed by atoms with Crippen molar-refractivity contribution >= 4 is 21.8 Å². The normalized spacial score (nSPS) is 11.3. The zero-order valence-corrected chi connectivity index (χ0v) is 10.3. The summed E-state index contributed by atoms with van der Waals surface area (Å²) >= 11 is 0. The quantitative estimate of drug-likeness (QED) is 0.517. The number of rotatable bonds is 5. The highest BCUT2D eigenvalue weighted by atomic mass is 32.2. The highest BCUT2D eigenvalue weighted by Crippen LogP contribution is 2.22. The summed E-state index contributed by atoms with van der Waals surface area (Å²) in [6.45, 7) is -0.644. The second-order valence-corrected chi connectivity index (χ2v) is 5.07. The highest BCUT2D eigenvalue weighted by molar-refractivity contribution is 7.89. The maximum atomic E-state index is 13.5. The Morgan fingerprint density at radius 2 is 2.00 bits per heavy atom. The number of ether oxygens (including phenoxy) is 1. The third-order valence-electron chi connectivity index (χ3n) is 2.02. The summed E-state index contributed by atoms with van der Waals surface area (Å²) in [5.74, 6) is -2.45. The Balaban J connectivity index is 2.84. The molecule has 7 nitrogen and oxygen atoms in total. The van der Waals surface area contributed by atoms with Crippen LogP contribution in [0.3, 0.4) is 0 Å². The number of carbonyl (C=O) groups excluding carboxylic acids is 1. The number of sulfonamides is 1. The van der Waals surface area contributed by atoms with E-state index in [1.807, 2.05) is 4.72 Å². The Labute approximate surface area is 107 Å². The Bertz CT molecular complexity index is 591. The standard InChI is InChI=1S/C9H11F2N3O4S/c10-5-1-2-6(7(11)8(5)12)19(16,17)14-3-4-18-9(13)15/h1-2,14H,3-4,12H2,(H2,13,15). The number of carbonyl (C=O) groups is 1. The van der Waals surface area contributed by atoms with Gasteiger partial charge in [-0.05, 0) is 12.1 Å². The van der Waals surface area contributed by atoms with Gasteiger partial charge in [-0.1, -0.05) is 0 Å². The van der Waals surface area contributed by atoms with Crippen LogP contribution in [0.2, 0.25) is 0 Å². The molecule has 0 heterocycles. The molecule has 0 aliphatic rings. The molecule has 0 atom stereocenters. The monoisotopic (exact) mass is 295 g/mol. The van der Waals surface area contributed by atoms with Crippen molar-refractivity contribution in [3.05, 3.63) is 23.8 Å². The second-order valence-electron chi connectivity index (χ2n) is 3.34. The van der Waals surface area contributed by atoms with E-state index in [9.17, 15) is 22.0 Å². The lowest BCUT2D eigenvalue weighted by Gasteiger charge is -2.09. The summed E-state index contributed by atoms with van der Waals surface area (Å²) in [7, 11) is -4.23. The number of nitrogen functional groups attached to an aromatic ring is 1. The predicted octanol–water partition coefficient (Wildman–Crippen LogP) is -0.0794. The summed E-state index contributed by atoms with van der Waals surface area (Å²) in [5, 5.41) is 0. The van der Waals surface area contributed by atoms with Gasteiger partial charge in [-0.15, -0.1) is 0 Å². The molecule has 1 aromatic rings. The number of hydrogen-bond donors (Lipinski definition) is 3. The first-order valence-corrected chi connectivity index (χ1v) is 6.39. The summed E-state index contributed by atoms with van der Waals surface area (Å²) < 4.78 is 55.9. The van der Waals surface area contributed by atoms with Crippen molar-refractivity contribution < 1.29 is 26.7 Å². The fourth-order valence-electron chi connectivity index (χ4n) is 1.16. The molecule has 0 aromatic heterocycles. The van der Waals surface area contributed by atoms with Crippen molar-refractivity contribution in [2.75, 3.05) is 18.9 Å². The van der Waals surface area contributed by atoms with Gasteiger partial charge in [0.2, 0.25) is 10.0 Å². The average Bonchev–Trinajstić information content (AvgIpc) is 2.31. The number of primary amides is 1. The molecule has 10 heteroatoms. The molecule has 1 rings (SSSR count). The fourth-order valence-corrected chi connectivity index (χ4v) is 2.26. The molecular formula is C9H11F2N3O4S. The number of nitrogens with two attached hydrogens (primary N) is 2. The van der Waals surface area contributed by atoms with Gasteiger partial charge in [-0.3, -0.25) is 0 Å². The van der Waals surface area contributed by atoms with Gasteiger partial charge >= 0.3 is 6.09 Å². The van der Waals surface area contributed by atoms with E-state index < -0.39 is 38.3 Å². The molecule has 106 valence electrons. The number of anilines is 1. The molecule has 0 fully saturated rings. The van der Waals surface area contributed by atoms with Gasteiger partial charge in [-0.25, -0.2) is 26.7 Å². The van der Waals surface area contributed by atoms with Gasteiger partial charge in [0.05, 0.1) is 0 Å². The van der Waals surface area contributed by atoms with Gasteiger partial charge in [0.1, 0.15) is 23.0 Å². The van der Waals surface area contributed by atoms with E-state index in [1.165, 1.54) is 0 Å². The molecule has 19 heavy (non-hydrogen) atoms. The Hall–Kier alpha value is -1.94. The zero-order chi connectivity index (χ0) is 14.6. The van der Waals surface area contributed by atoms with E-state index in [-0.39, 0.29) is 13.2 Å². The lowest BCUT2D eigenvalue weighted by Crippen LogP contribution is -2.30. The predicted molar refractivity (Wildman–Crippen MR) is 61.5 cm³/mol. The second kappa shape index (κ2) is 5.80. The fraction of sp³-hybridized carbons (Fsp3) is 0.222. The number of benzene rings is 1. The SMILES string of the molecule is NC(=O)OCCNS(=O)(=O)c1ccc(F)c(N)c1F. The first-order chi connectivity index (χ1) is 8.75. The van der Waals surface area contributed by atoms with Crippen LogP contribution in [0, 0.1) is 11.6 Å². The van der Waals surface area contributed by atoms with Gasteiger partial charge in [-0.2, -0.15) is 0 Å². The van der Waals surface area contributed by atoms with Gasteiger partial charge < -0.3 is 16.2 Å². The lowest BCUT2D eigenvalue weighted by molar-refractivity contribution is 0.159. The first kappa shape index (κ1) is 15.1. The van der Waals surface area contributed by atoms with Crippen molar-refractivity contribution in [3.63, 3.8) is 0 Å². The Morgan fingerprint density at radius 1 is 1.37 bits per heavy atom. The third kappa shape index (κ3) is 3.76. The van der Waals surface area contributed by atoms with Crippen LogP contribution in [0.25, 0.3) is 0 Å². The molecule has 0 spiro atoms. The van der Waals surface area contributed by atoms with Crippen molar-refractivity contribution in [1.82, 2.24) is 4.72 Å². The maximum absolute atomic E-state index is 13.5. The van der Waals surface area contributed by atoms with Crippen molar-refractivity contribution in [3.8, 4) is 0 Å². The van der Waals surface area contributed by atoms with Crippen LogP contribution in [-0.4, -0.2) is 27.7 Å². The number of nitrogens with one attached hydrogen (secondary N) is 1. The Morgan fingerprint density at radius 3 is 2.58 bits per heavy atom. The molecule has 1 amide bonds. The van der Waals surface area contributed by atoms with Crippen molar-refractivity contribution in [2.24, 2.45) is 5.73 Å². The van der Waals surface area contributed by atoms with Gasteiger partial charge in [0.15, 0.2) is 5.82 Å². The van der Waals surface area contributed by atoms with Crippen molar-refractivity contribution in [2.45, 2.75) is 4.90 Å². The zero-order valence-electron chi connectivity index (χ0n) is 9.52. The van der Waals surface area contributed by atoms with Crippen molar-refractivity contribution in [1.29, 1.82) is 0 Å². The molecule has 0 unspecified atom stereocenters. The minimum atomic E-state index is -4.23. The van der Waals surface area contributed by atoms with Crippen LogP contribution in [0.4, 0.5) is 19.3 Å². The van der Waals surface area contributed by atoms with Crippen LogP contribution in [-0.2, 0) is 14.8 Å². The minimum absolute atomic E-state index is 0.317. The van der Waals surface area contributed by atoms with Crippen LogP contribution in [0.5, 0.6) is 0 Å². The summed E-state index contributed by atoms with van der Waals surface area (Å²) in [6.07, 6.45) is -1.07. The van der Waals surface area contributed by atoms with E-state index in [2.05, 4.69) is 10.5 Å². The average molecular weight is 295 g/mol. The molecule has 0 aliphatic heterocycles. The molecule has 5 N–H and O–H groups in total. The molecular weight excluding hydrogens is 284 g/mol. The van der Waals surface area contributed by atoms with Gasteiger partial charge in [0, 0.05) is 6.54 Å². The molecule has 0 saturated heterocycles. The maximum Gasteiger partial charge on any atom is 0.404 e. The lowest BCUT2D eigenvalue weighted by atomic mass is 10.3. The summed E-state index contributed by atoms with van der Waals surface area (Å²) in [5.41, 5.74) is 8.81. The molecule has 0 aliphatic carbocycles. The van der Waals surface area contributed by atoms with Crippen LogP contribution < -0.4 is 16.2 Å². The smallest absolute Gasteiger partial charge is 0.404 e. The first-order valence-electron chi connectivity index (χ1n) is 4.91. The van der Waals surface area contributed by atoms with E-state index >= 15 is 0 Å². The highest BCUT2D eigenvalue weighted by Gasteiger charge is 2.22. The van der Waals surface area contributed by atoms with Crippen LogP contribution in [0.1, 0.15) is 0 Å². The van der Waals surface area contributed by atoms with Crippen LogP contribution in [0.15, 0.2) is 17.0 Å². The number of halogens is 2. The molecule has 1 aromatic carbocycles. The molecule has 0 radical (unpaired) electrons.